The van der Waals surface area contributed by atoms with Gasteiger partial charge in [0, 0.05) is 0 Å². The van der Waals surface area contributed by atoms with E-state index in [1.54, 1.807) is 0 Å². The van der Waals surface area contributed by atoms with Gasteiger partial charge in [0.25, 0.3) is 0 Å². The van der Waals surface area contributed by atoms with E-state index in [0.717, 1.165) is 6.42 Å². The van der Waals surface area contributed by atoms with Crippen molar-refractivity contribution in [2.24, 2.45) is 0 Å². The third-order valence-corrected chi connectivity index (χ3v) is 3.44. The van der Waals surface area contributed by atoms with Gasteiger partial charge in [0.05, 0.1) is 6.10 Å². The second-order valence-corrected chi connectivity index (χ2v) is 9.91. The molecule has 0 heterocycles. The van der Waals surface area contributed by atoms with Gasteiger partial charge in [0.15, 0.2) is 8.32 Å². The van der Waals surface area contributed by atoms with E-state index in [0.29, 0.717) is 6.10 Å². The van der Waals surface area contributed by atoms with Crippen LogP contribution in [0.3, 0.4) is 0 Å². The molecule has 0 rings (SSSR count). The highest BCUT2D eigenvalue weighted by Gasteiger charge is 2.18. The van der Waals surface area contributed by atoms with Gasteiger partial charge in [-0.3, -0.25) is 0 Å². The van der Waals surface area contributed by atoms with E-state index in [9.17, 15) is 0 Å². The predicted octanol–water partition coefficient (Wildman–Crippen LogP) is 5.14. The van der Waals surface area contributed by atoms with E-state index < -0.39 is 8.32 Å². The SMILES string of the molecule is CCC=CC(CCCCCC)O[Si](C)(C)C. The lowest BCUT2D eigenvalue weighted by Crippen LogP contribution is -2.31. The Kier molecular flexibility index (Phi) is 8.95. The lowest BCUT2D eigenvalue weighted by molar-refractivity contribution is 0.226. The molecule has 0 bridgehead atoms. The molecule has 0 aromatic rings. The molecular formula is C14H30OSi. The lowest BCUT2D eigenvalue weighted by atomic mass is 10.1. The third-order valence-electron chi connectivity index (χ3n) is 2.43. The van der Waals surface area contributed by atoms with E-state index in [-0.39, 0.29) is 0 Å². The van der Waals surface area contributed by atoms with Gasteiger partial charge in [0.2, 0.25) is 0 Å². The van der Waals surface area contributed by atoms with E-state index >= 15 is 0 Å². The van der Waals surface area contributed by atoms with Gasteiger partial charge in [-0.15, -0.1) is 0 Å². The molecule has 1 atom stereocenters. The summed E-state index contributed by atoms with van der Waals surface area (Å²) in [5, 5.41) is 0. The largest absolute Gasteiger partial charge is 0.411 e. The van der Waals surface area contributed by atoms with Gasteiger partial charge in [-0.25, -0.2) is 0 Å². The summed E-state index contributed by atoms with van der Waals surface area (Å²) in [6, 6.07) is 0. The van der Waals surface area contributed by atoms with Crippen LogP contribution in [0.5, 0.6) is 0 Å². The zero-order valence-corrected chi connectivity index (χ0v) is 12.9. The summed E-state index contributed by atoms with van der Waals surface area (Å²) in [6.07, 6.45) is 12.5. The molecule has 0 radical (unpaired) electrons. The molecule has 0 fully saturated rings. The summed E-state index contributed by atoms with van der Waals surface area (Å²) in [7, 11) is -1.39. The molecule has 1 unspecified atom stereocenters. The van der Waals surface area contributed by atoms with Crippen LogP contribution in [-0.2, 0) is 4.43 Å². The van der Waals surface area contributed by atoms with Crippen LogP contribution < -0.4 is 0 Å². The molecule has 0 aromatic carbocycles. The maximum atomic E-state index is 6.17. The average Bonchev–Trinajstić information content (AvgIpc) is 2.18. The van der Waals surface area contributed by atoms with Crippen molar-refractivity contribution in [2.75, 3.05) is 0 Å². The summed E-state index contributed by atoms with van der Waals surface area (Å²) in [5.41, 5.74) is 0. The normalized spacial score (nSPS) is 14.6. The van der Waals surface area contributed by atoms with Gasteiger partial charge in [-0.05, 0) is 32.5 Å². The van der Waals surface area contributed by atoms with Crippen LogP contribution in [-0.4, -0.2) is 14.4 Å². The predicted molar refractivity (Wildman–Crippen MR) is 76.4 cm³/mol. The second kappa shape index (κ2) is 9.00. The van der Waals surface area contributed by atoms with Crippen LogP contribution in [0.2, 0.25) is 19.6 Å². The van der Waals surface area contributed by atoms with Crippen molar-refractivity contribution in [1.82, 2.24) is 0 Å². The van der Waals surface area contributed by atoms with Crippen LogP contribution in [0.4, 0.5) is 0 Å². The fraction of sp³-hybridized carbons (Fsp3) is 0.857. The highest BCUT2D eigenvalue weighted by molar-refractivity contribution is 6.69. The van der Waals surface area contributed by atoms with Crippen molar-refractivity contribution in [1.29, 1.82) is 0 Å². The Morgan fingerprint density at radius 3 is 2.25 bits per heavy atom. The van der Waals surface area contributed by atoms with Crippen LogP contribution >= 0.6 is 0 Å². The molecule has 0 saturated heterocycles. The molecule has 2 heteroatoms. The summed E-state index contributed by atoms with van der Waals surface area (Å²) in [4.78, 5) is 0. The van der Waals surface area contributed by atoms with E-state index in [1.807, 2.05) is 0 Å². The fourth-order valence-electron chi connectivity index (χ4n) is 1.71. The van der Waals surface area contributed by atoms with Crippen molar-refractivity contribution in [3.05, 3.63) is 12.2 Å². The van der Waals surface area contributed by atoms with Gasteiger partial charge in [0.1, 0.15) is 0 Å². The van der Waals surface area contributed by atoms with Crippen molar-refractivity contribution >= 4 is 8.32 Å². The lowest BCUT2D eigenvalue weighted by Gasteiger charge is -2.24. The number of allylic oxidation sites excluding steroid dienone is 1. The molecule has 0 saturated carbocycles. The van der Waals surface area contributed by atoms with Crippen LogP contribution in [0, 0.1) is 0 Å². The summed E-state index contributed by atoms with van der Waals surface area (Å²) >= 11 is 0. The number of unbranched alkanes of at least 4 members (excludes halogenated alkanes) is 3. The number of rotatable bonds is 9. The molecular weight excluding hydrogens is 212 g/mol. The fourth-order valence-corrected chi connectivity index (χ4v) is 2.81. The molecule has 96 valence electrons. The Bertz CT molecular complexity index is 182. The van der Waals surface area contributed by atoms with Crippen LogP contribution in [0.1, 0.15) is 52.4 Å². The standard InChI is InChI=1S/C14H30OSi/c1-6-8-10-11-13-14(12-9-7-2)15-16(3,4)5/h9,12,14H,6-8,10-11,13H2,1-5H3. The highest BCUT2D eigenvalue weighted by Crippen LogP contribution is 2.15. The number of hydrogen-bond donors (Lipinski definition) is 0. The zero-order chi connectivity index (χ0) is 12.4. The second-order valence-electron chi connectivity index (χ2n) is 5.45. The highest BCUT2D eigenvalue weighted by atomic mass is 28.4. The number of hydrogen-bond acceptors (Lipinski definition) is 1. The molecule has 16 heavy (non-hydrogen) atoms. The van der Waals surface area contributed by atoms with E-state index in [1.165, 1.54) is 32.1 Å². The van der Waals surface area contributed by atoms with Crippen molar-refractivity contribution in [2.45, 2.75) is 78.1 Å². The van der Waals surface area contributed by atoms with Crippen LogP contribution in [0.15, 0.2) is 12.2 Å². The molecule has 0 spiro atoms. The minimum Gasteiger partial charge on any atom is -0.411 e. The first kappa shape index (κ1) is 15.9. The Morgan fingerprint density at radius 1 is 1.06 bits per heavy atom. The topological polar surface area (TPSA) is 9.23 Å². The molecule has 0 N–H and O–H groups in total. The summed E-state index contributed by atoms with van der Waals surface area (Å²) in [5.74, 6) is 0. The third kappa shape index (κ3) is 10.4. The minimum absolute atomic E-state index is 0.364. The maximum Gasteiger partial charge on any atom is 0.184 e. The Balaban J connectivity index is 3.96. The molecule has 0 aliphatic heterocycles. The quantitative estimate of drug-likeness (QED) is 0.309. The van der Waals surface area contributed by atoms with Crippen molar-refractivity contribution in [3.63, 3.8) is 0 Å². The Morgan fingerprint density at radius 2 is 1.75 bits per heavy atom. The van der Waals surface area contributed by atoms with E-state index in [4.69, 9.17) is 4.43 Å². The van der Waals surface area contributed by atoms with Gasteiger partial charge in [-0.2, -0.15) is 0 Å². The first-order chi connectivity index (χ1) is 7.49. The molecule has 1 nitrogen and oxygen atoms in total. The average molecular weight is 242 g/mol. The monoisotopic (exact) mass is 242 g/mol. The molecule has 0 aliphatic carbocycles. The zero-order valence-electron chi connectivity index (χ0n) is 11.9. The first-order valence-corrected chi connectivity index (χ1v) is 10.2. The minimum atomic E-state index is -1.39. The Labute approximate surface area is 103 Å². The smallest absolute Gasteiger partial charge is 0.184 e. The van der Waals surface area contributed by atoms with Crippen LogP contribution in [0.25, 0.3) is 0 Å². The Hall–Kier alpha value is -0.0831. The van der Waals surface area contributed by atoms with E-state index in [2.05, 4.69) is 45.6 Å². The van der Waals surface area contributed by atoms with Crippen molar-refractivity contribution in [3.8, 4) is 0 Å². The summed E-state index contributed by atoms with van der Waals surface area (Å²) in [6.45, 7) is 11.2. The molecule has 0 aromatic heterocycles. The van der Waals surface area contributed by atoms with Gasteiger partial charge < -0.3 is 4.43 Å². The van der Waals surface area contributed by atoms with Crippen molar-refractivity contribution < 1.29 is 4.43 Å². The molecule has 0 amide bonds. The summed E-state index contributed by atoms with van der Waals surface area (Å²) < 4.78 is 6.17. The first-order valence-electron chi connectivity index (χ1n) is 6.84. The molecule has 0 aliphatic rings. The van der Waals surface area contributed by atoms with Gasteiger partial charge in [-0.1, -0.05) is 51.7 Å². The maximum absolute atomic E-state index is 6.17. The van der Waals surface area contributed by atoms with Gasteiger partial charge >= 0.3 is 0 Å².